The lowest BCUT2D eigenvalue weighted by Gasteiger charge is -2.35. The van der Waals surface area contributed by atoms with E-state index in [1.54, 1.807) is 0 Å². The minimum Gasteiger partial charge on any atom is -0.381 e. The number of likely N-dealkylation sites (N-methyl/N-ethyl adjacent to an activating group) is 1. The largest absolute Gasteiger partial charge is 0.381 e. The van der Waals surface area contributed by atoms with E-state index in [0.29, 0.717) is 6.04 Å². The van der Waals surface area contributed by atoms with Crippen LogP contribution < -0.4 is 5.32 Å². The van der Waals surface area contributed by atoms with Gasteiger partial charge in [-0.3, -0.25) is 0 Å². The van der Waals surface area contributed by atoms with Crippen LogP contribution in [0.4, 0.5) is 0 Å². The molecular weight excluding hydrogens is 212 g/mol. The van der Waals surface area contributed by atoms with Crippen molar-refractivity contribution in [1.82, 2.24) is 10.2 Å². The molecular formula is C14H28N2O. The zero-order valence-corrected chi connectivity index (χ0v) is 11.5. The summed E-state index contributed by atoms with van der Waals surface area (Å²) < 4.78 is 5.55. The lowest BCUT2D eigenvalue weighted by atomic mass is 9.92. The molecule has 0 aliphatic carbocycles. The molecule has 0 aromatic carbocycles. The van der Waals surface area contributed by atoms with E-state index in [4.69, 9.17) is 4.74 Å². The first-order valence-corrected chi connectivity index (χ1v) is 7.25. The van der Waals surface area contributed by atoms with Crippen molar-refractivity contribution in [1.29, 1.82) is 0 Å². The zero-order chi connectivity index (χ0) is 12.1. The quantitative estimate of drug-likeness (QED) is 0.810. The lowest BCUT2D eigenvalue weighted by Crippen LogP contribution is -2.48. The van der Waals surface area contributed by atoms with Gasteiger partial charge in [0, 0.05) is 25.7 Å². The lowest BCUT2D eigenvalue weighted by molar-refractivity contribution is 0.0396. The fraction of sp³-hybridized carbons (Fsp3) is 1.00. The Kier molecular flexibility index (Phi) is 5.26. The Labute approximate surface area is 106 Å². The molecule has 3 atom stereocenters. The van der Waals surface area contributed by atoms with E-state index >= 15 is 0 Å². The van der Waals surface area contributed by atoms with E-state index in [1.807, 2.05) is 0 Å². The minimum absolute atomic E-state index is 0.693. The molecule has 0 bridgehead atoms. The van der Waals surface area contributed by atoms with Crippen LogP contribution in [0, 0.1) is 11.8 Å². The van der Waals surface area contributed by atoms with Crippen molar-refractivity contribution in [2.45, 2.75) is 38.6 Å². The van der Waals surface area contributed by atoms with Crippen LogP contribution in [0.25, 0.3) is 0 Å². The Morgan fingerprint density at radius 3 is 2.82 bits per heavy atom. The number of rotatable bonds is 4. The van der Waals surface area contributed by atoms with E-state index in [-0.39, 0.29) is 0 Å². The van der Waals surface area contributed by atoms with Crippen LogP contribution in [-0.2, 0) is 4.74 Å². The third-order valence-electron chi connectivity index (χ3n) is 4.26. The SMILES string of the molecule is CC1CCCNC1CN(C)CC1CCCOC1. The predicted octanol–water partition coefficient (Wildman–Crippen LogP) is 1.73. The highest BCUT2D eigenvalue weighted by Gasteiger charge is 2.23. The number of ether oxygens (including phenoxy) is 1. The molecule has 2 aliphatic heterocycles. The fourth-order valence-corrected chi connectivity index (χ4v) is 3.16. The first kappa shape index (κ1) is 13.3. The van der Waals surface area contributed by atoms with E-state index in [0.717, 1.165) is 25.0 Å². The highest BCUT2D eigenvalue weighted by atomic mass is 16.5. The molecule has 100 valence electrons. The van der Waals surface area contributed by atoms with E-state index in [1.165, 1.54) is 45.3 Å². The molecule has 0 radical (unpaired) electrons. The van der Waals surface area contributed by atoms with Crippen LogP contribution in [0.5, 0.6) is 0 Å². The summed E-state index contributed by atoms with van der Waals surface area (Å²) in [6, 6.07) is 0.693. The molecule has 1 N–H and O–H groups in total. The monoisotopic (exact) mass is 240 g/mol. The van der Waals surface area contributed by atoms with E-state index < -0.39 is 0 Å². The summed E-state index contributed by atoms with van der Waals surface area (Å²) in [6.07, 6.45) is 5.32. The molecule has 0 aromatic rings. The highest BCUT2D eigenvalue weighted by molar-refractivity contribution is 4.81. The highest BCUT2D eigenvalue weighted by Crippen LogP contribution is 2.18. The van der Waals surface area contributed by atoms with Gasteiger partial charge < -0.3 is 15.0 Å². The van der Waals surface area contributed by atoms with E-state index in [2.05, 4.69) is 24.2 Å². The molecule has 2 heterocycles. The third kappa shape index (κ3) is 4.23. The Hall–Kier alpha value is -0.120. The molecule has 3 nitrogen and oxygen atoms in total. The first-order valence-electron chi connectivity index (χ1n) is 7.25. The van der Waals surface area contributed by atoms with Crippen molar-refractivity contribution in [2.75, 3.05) is 39.9 Å². The molecule has 0 aromatic heterocycles. The molecule has 2 saturated heterocycles. The van der Waals surface area contributed by atoms with Crippen molar-refractivity contribution in [3.8, 4) is 0 Å². The number of piperidine rings is 1. The van der Waals surface area contributed by atoms with E-state index in [9.17, 15) is 0 Å². The third-order valence-corrected chi connectivity index (χ3v) is 4.26. The molecule has 0 spiro atoms. The van der Waals surface area contributed by atoms with Crippen LogP contribution in [0.1, 0.15) is 32.6 Å². The van der Waals surface area contributed by atoms with Gasteiger partial charge in [-0.2, -0.15) is 0 Å². The molecule has 2 fully saturated rings. The topological polar surface area (TPSA) is 24.5 Å². The van der Waals surface area contributed by atoms with Gasteiger partial charge in [0.15, 0.2) is 0 Å². The van der Waals surface area contributed by atoms with Gasteiger partial charge in [-0.05, 0) is 51.1 Å². The van der Waals surface area contributed by atoms with Crippen molar-refractivity contribution in [3.05, 3.63) is 0 Å². The molecule has 17 heavy (non-hydrogen) atoms. The zero-order valence-electron chi connectivity index (χ0n) is 11.5. The van der Waals surface area contributed by atoms with Gasteiger partial charge in [0.1, 0.15) is 0 Å². The second-order valence-electron chi connectivity index (χ2n) is 5.98. The van der Waals surface area contributed by atoms with Gasteiger partial charge in [-0.15, -0.1) is 0 Å². The normalized spacial score (nSPS) is 35.1. The Morgan fingerprint density at radius 2 is 2.12 bits per heavy atom. The second kappa shape index (κ2) is 6.72. The van der Waals surface area contributed by atoms with Crippen LogP contribution in [-0.4, -0.2) is 50.8 Å². The van der Waals surface area contributed by atoms with Crippen molar-refractivity contribution in [2.24, 2.45) is 11.8 Å². The van der Waals surface area contributed by atoms with Gasteiger partial charge in [-0.25, -0.2) is 0 Å². The van der Waals surface area contributed by atoms with Crippen LogP contribution in [0.3, 0.4) is 0 Å². The van der Waals surface area contributed by atoms with Crippen molar-refractivity contribution < 1.29 is 4.74 Å². The van der Waals surface area contributed by atoms with Crippen molar-refractivity contribution >= 4 is 0 Å². The van der Waals surface area contributed by atoms with Gasteiger partial charge in [-0.1, -0.05) is 6.92 Å². The van der Waals surface area contributed by atoms with Crippen LogP contribution in [0.15, 0.2) is 0 Å². The summed E-state index contributed by atoms with van der Waals surface area (Å²) in [6.45, 7) is 7.92. The summed E-state index contributed by atoms with van der Waals surface area (Å²) in [5.41, 5.74) is 0. The smallest absolute Gasteiger partial charge is 0.0506 e. The maximum absolute atomic E-state index is 5.55. The molecule has 3 heteroatoms. The predicted molar refractivity (Wildman–Crippen MR) is 71.2 cm³/mol. The van der Waals surface area contributed by atoms with Gasteiger partial charge in [0.25, 0.3) is 0 Å². The standard InChI is InChI=1S/C14H28N2O/c1-12-5-3-7-15-14(12)10-16(2)9-13-6-4-8-17-11-13/h12-15H,3-11H2,1-2H3. The summed E-state index contributed by atoms with van der Waals surface area (Å²) in [4.78, 5) is 2.50. The van der Waals surface area contributed by atoms with Gasteiger partial charge in [0.2, 0.25) is 0 Å². The fourth-order valence-electron chi connectivity index (χ4n) is 3.16. The molecule has 2 rings (SSSR count). The average molecular weight is 240 g/mol. The van der Waals surface area contributed by atoms with Crippen LogP contribution in [0.2, 0.25) is 0 Å². The maximum Gasteiger partial charge on any atom is 0.0506 e. The Balaban J connectivity index is 1.70. The number of nitrogens with zero attached hydrogens (tertiary/aromatic N) is 1. The summed E-state index contributed by atoms with van der Waals surface area (Å²) >= 11 is 0. The van der Waals surface area contributed by atoms with Crippen LogP contribution >= 0.6 is 0 Å². The number of hydrogen-bond donors (Lipinski definition) is 1. The molecule has 2 aliphatic rings. The number of nitrogens with one attached hydrogen (secondary N) is 1. The summed E-state index contributed by atoms with van der Waals surface area (Å²) in [7, 11) is 2.26. The summed E-state index contributed by atoms with van der Waals surface area (Å²) in [5, 5.41) is 3.66. The second-order valence-corrected chi connectivity index (χ2v) is 5.98. The van der Waals surface area contributed by atoms with Gasteiger partial charge >= 0.3 is 0 Å². The Morgan fingerprint density at radius 1 is 1.24 bits per heavy atom. The summed E-state index contributed by atoms with van der Waals surface area (Å²) in [5.74, 6) is 1.58. The molecule has 0 amide bonds. The van der Waals surface area contributed by atoms with Crippen molar-refractivity contribution in [3.63, 3.8) is 0 Å². The Bertz CT molecular complexity index is 216. The minimum atomic E-state index is 0.693. The van der Waals surface area contributed by atoms with Gasteiger partial charge in [0.05, 0.1) is 6.61 Å². The molecule has 3 unspecified atom stereocenters. The first-order chi connectivity index (χ1) is 8.25. The maximum atomic E-state index is 5.55. The number of hydrogen-bond acceptors (Lipinski definition) is 3. The average Bonchev–Trinajstić information content (AvgIpc) is 2.33. The molecule has 0 saturated carbocycles.